The highest BCUT2D eigenvalue weighted by Gasteiger charge is 2.29. The molecule has 1 unspecified atom stereocenters. The number of hydrogen-bond acceptors (Lipinski definition) is 4. The van der Waals surface area contributed by atoms with E-state index in [1.165, 1.54) is 0 Å². The average Bonchev–Trinajstić information content (AvgIpc) is 3.22. The molecule has 21 heavy (non-hydrogen) atoms. The summed E-state index contributed by atoms with van der Waals surface area (Å²) >= 11 is 0. The first-order valence-electron chi connectivity index (χ1n) is 7.14. The van der Waals surface area contributed by atoms with Crippen molar-refractivity contribution in [3.63, 3.8) is 0 Å². The molecule has 0 bridgehead atoms. The van der Waals surface area contributed by atoms with Crippen molar-refractivity contribution in [3.8, 4) is 11.4 Å². The fourth-order valence-electron chi connectivity index (χ4n) is 2.42. The van der Waals surface area contributed by atoms with Crippen LogP contribution in [-0.4, -0.2) is 26.7 Å². The van der Waals surface area contributed by atoms with Gasteiger partial charge in [-0.1, -0.05) is 12.1 Å². The summed E-state index contributed by atoms with van der Waals surface area (Å²) in [5.74, 6) is 1.19. The van der Waals surface area contributed by atoms with E-state index in [4.69, 9.17) is 5.73 Å². The summed E-state index contributed by atoms with van der Waals surface area (Å²) in [7, 11) is 1.87. The van der Waals surface area contributed by atoms with E-state index < -0.39 is 0 Å². The zero-order valence-corrected chi connectivity index (χ0v) is 12.0. The zero-order chi connectivity index (χ0) is 14.8. The molecule has 0 aliphatic heterocycles. The van der Waals surface area contributed by atoms with E-state index in [0.717, 1.165) is 29.9 Å². The molecule has 1 fully saturated rings. The van der Waals surface area contributed by atoms with Gasteiger partial charge < -0.3 is 15.6 Å². The molecule has 1 atom stereocenters. The first-order chi connectivity index (χ1) is 10.1. The van der Waals surface area contributed by atoms with Gasteiger partial charge in [-0.2, -0.15) is 0 Å². The summed E-state index contributed by atoms with van der Waals surface area (Å²) in [6.45, 7) is 0. The number of nitrogens with one attached hydrogen (secondary N) is 1. The van der Waals surface area contributed by atoms with E-state index in [0.29, 0.717) is 12.3 Å². The van der Waals surface area contributed by atoms with Crippen molar-refractivity contribution in [2.45, 2.75) is 25.3 Å². The number of anilines is 1. The second-order valence-corrected chi connectivity index (χ2v) is 5.56. The van der Waals surface area contributed by atoms with Gasteiger partial charge in [-0.15, -0.1) is 10.2 Å². The van der Waals surface area contributed by atoms with Gasteiger partial charge in [0.2, 0.25) is 5.91 Å². The van der Waals surface area contributed by atoms with Crippen LogP contribution in [0.5, 0.6) is 0 Å². The Hall–Kier alpha value is -2.21. The van der Waals surface area contributed by atoms with Gasteiger partial charge in [0.1, 0.15) is 6.33 Å². The Balaban J connectivity index is 1.76. The minimum absolute atomic E-state index is 0.0352. The molecule has 6 heteroatoms. The van der Waals surface area contributed by atoms with Crippen LogP contribution >= 0.6 is 0 Å². The summed E-state index contributed by atoms with van der Waals surface area (Å²) in [5.41, 5.74) is 7.59. The number of hydrogen-bond donors (Lipinski definition) is 2. The van der Waals surface area contributed by atoms with Crippen molar-refractivity contribution >= 4 is 11.6 Å². The molecule has 1 saturated carbocycles. The molecule has 0 saturated heterocycles. The third-order valence-corrected chi connectivity index (χ3v) is 3.80. The molecule has 1 heterocycles. The minimum atomic E-state index is -0.0518. The van der Waals surface area contributed by atoms with Gasteiger partial charge in [-0.05, 0) is 30.9 Å². The van der Waals surface area contributed by atoms with Crippen molar-refractivity contribution in [3.05, 3.63) is 30.6 Å². The maximum Gasteiger partial charge on any atom is 0.225 e. The fourth-order valence-corrected chi connectivity index (χ4v) is 2.42. The van der Waals surface area contributed by atoms with Crippen LogP contribution in [0.3, 0.4) is 0 Å². The number of benzene rings is 1. The number of carbonyl (C=O) groups is 1. The molecular formula is C15H19N5O. The monoisotopic (exact) mass is 285 g/mol. The highest BCUT2D eigenvalue weighted by atomic mass is 16.1. The predicted octanol–water partition coefficient (Wildman–Crippen LogP) is 1.55. The number of aromatic nitrogens is 3. The highest BCUT2D eigenvalue weighted by Crippen LogP contribution is 2.33. The molecule has 0 spiro atoms. The first kappa shape index (κ1) is 13.8. The lowest BCUT2D eigenvalue weighted by molar-refractivity contribution is -0.116. The van der Waals surface area contributed by atoms with Crippen LogP contribution in [0.4, 0.5) is 5.69 Å². The fraction of sp³-hybridized carbons (Fsp3) is 0.400. The van der Waals surface area contributed by atoms with Gasteiger partial charge in [-0.3, -0.25) is 4.79 Å². The second-order valence-electron chi connectivity index (χ2n) is 5.56. The summed E-state index contributed by atoms with van der Waals surface area (Å²) in [5, 5.41) is 10.9. The number of nitrogens with two attached hydrogens (primary N) is 1. The van der Waals surface area contributed by atoms with Gasteiger partial charge >= 0.3 is 0 Å². The Bertz CT molecular complexity index is 647. The van der Waals surface area contributed by atoms with Crippen LogP contribution in [0.2, 0.25) is 0 Å². The number of nitrogens with zero attached hydrogens (tertiary/aromatic N) is 3. The van der Waals surface area contributed by atoms with Crippen molar-refractivity contribution < 1.29 is 4.79 Å². The first-order valence-corrected chi connectivity index (χ1v) is 7.14. The molecule has 6 nitrogen and oxygen atoms in total. The lowest BCUT2D eigenvalue weighted by atomic mass is 10.1. The Morgan fingerprint density at radius 3 is 2.90 bits per heavy atom. The van der Waals surface area contributed by atoms with Gasteiger partial charge in [-0.25, -0.2) is 0 Å². The van der Waals surface area contributed by atoms with E-state index in [1.54, 1.807) is 6.33 Å². The summed E-state index contributed by atoms with van der Waals surface area (Å²) in [6.07, 6.45) is 4.28. The summed E-state index contributed by atoms with van der Waals surface area (Å²) < 4.78 is 1.82. The third kappa shape index (κ3) is 3.11. The number of rotatable bonds is 5. The van der Waals surface area contributed by atoms with Crippen molar-refractivity contribution in [2.75, 3.05) is 5.32 Å². The third-order valence-electron chi connectivity index (χ3n) is 3.80. The van der Waals surface area contributed by atoms with Crippen LogP contribution in [0.25, 0.3) is 11.4 Å². The second kappa shape index (κ2) is 5.65. The molecule has 0 radical (unpaired) electrons. The highest BCUT2D eigenvalue weighted by molar-refractivity contribution is 5.95. The van der Waals surface area contributed by atoms with Crippen LogP contribution in [0.1, 0.15) is 19.3 Å². The molecule has 3 N–H and O–H groups in total. The van der Waals surface area contributed by atoms with Gasteiger partial charge in [0.25, 0.3) is 0 Å². The van der Waals surface area contributed by atoms with Crippen molar-refractivity contribution in [2.24, 2.45) is 18.7 Å². The Morgan fingerprint density at radius 1 is 1.48 bits per heavy atom. The molecule has 110 valence electrons. The summed E-state index contributed by atoms with van der Waals surface area (Å²) in [6, 6.07) is 7.55. The van der Waals surface area contributed by atoms with E-state index in [2.05, 4.69) is 15.5 Å². The Morgan fingerprint density at radius 2 is 2.24 bits per heavy atom. The van der Waals surface area contributed by atoms with Crippen LogP contribution in [0.15, 0.2) is 30.6 Å². The number of para-hydroxylation sites is 1. The molecule has 1 amide bonds. The smallest absolute Gasteiger partial charge is 0.225 e. The van der Waals surface area contributed by atoms with Crippen LogP contribution in [-0.2, 0) is 11.8 Å². The maximum absolute atomic E-state index is 12.1. The van der Waals surface area contributed by atoms with Gasteiger partial charge in [0.05, 0.1) is 5.69 Å². The molecule has 2 aromatic rings. The van der Waals surface area contributed by atoms with Gasteiger partial charge in [0.15, 0.2) is 5.82 Å². The zero-order valence-electron chi connectivity index (χ0n) is 12.0. The number of carbonyl (C=O) groups excluding carboxylic acids is 1. The van der Waals surface area contributed by atoms with Crippen molar-refractivity contribution in [1.29, 1.82) is 0 Å². The van der Waals surface area contributed by atoms with E-state index in [9.17, 15) is 4.79 Å². The van der Waals surface area contributed by atoms with Crippen molar-refractivity contribution in [1.82, 2.24) is 14.8 Å². The lowest BCUT2D eigenvalue weighted by Gasteiger charge is -2.13. The maximum atomic E-state index is 12.1. The largest absolute Gasteiger partial charge is 0.327 e. The predicted molar refractivity (Wildman–Crippen MR) is 80.4 cm³/mol. The minimum Gasteiger partial charge on any atom is -0.327 e. The molecule has 3 rings (SSSR count). The Labute approximate surface area is 123 Å². The van der Waals surface area contributed by atoms with E-state index >= 15 is 0 Å². The lowest BCUT2D eigenvalue weighted by Crippen LogP contribution is -2.29. The topological polar surface area (TPSA) is 85.8 Å². The Kier molecular flexibility index (Phi) is 3.70. The molecule has 1 aromatic heterocycles. The summed E-state index contributed by atoms with van der Waals surface area (Å²) in [4.78, 5) is 12.1. The molecular weight excluding hydrogens is 266 g/mol. The normalized spacial score (nSPS) is 15.7. The number of amides is 1. The van der Waals surface area contributed by atoms with E-state index in [-0.39, 0.29) is 11.9 Å². The molecule has 1 aromatic carbocycles. The average molecular weight is 285 g/mol. The molecule has 1 aliphatic carbocycles. The quantitative estimate of drug-likeness (QED) is 0.872. The SMILES string of the molecule is Cn1cnnc1-c1ccccc1NC(=O)CC(N)C1CC1. The van der Waals surface area contributed by atoms with Gasteiger partial charge in [0, 0.05) is 25.1 Å². The standard InChI is InChI=1S/C15H19N5O/c1-20-9-17-19-15(20)11-4-2-3-5-13(11)18-14(21)8-12(16)10-6-7-10/h2-5,9-10,12H,6-8,16H2,1H3,(H,18,21). The molecule has 1 aliphatic rings. The van der Waals surface area contributed by atoms with Crippen LogP contribution in [0, 0.1) is 5.92 Å². The van der Waals surface area contributed by atoms with E-state index in [1.807, 2.05) is 35.9 Å². The number of aryl methyl sites for hydroxylation is 1. The van der Waals surface area contributed by atoms with Crippen LogP contribution < -0.4 is 11.1 Å².